The number of carbonyl (C=O) groups is 1. The van der Waals surface area contributed by atoms with Crippen LogP contribution < -0.4 is 5.32 Å². The third kappa shape index (κ3) is 4.14. The van der Waals surface area contributed by atoms with E-state index in [-0.39, 0.29) is 5.91 Å². The molecule has 0 aliphatic rings. The van der Waals surface area contributed by atoms with Gasteiger partial charge in [-0.2, -0.15) is 0 Å². The predicted molar refractivity (Wildman–Crippen MR) is 73.6 cm³/mol. The molecule has 0 aromatic heterocycles. The molecule has 0 radical (unpaired) electrons. The maximum absolute atomic E-state index is 11.3. The van der Waals surface area contributed by atoms with E-state index in [1.54, 1.807) is 19.0 Å². The average Bonchev–Trinajstić information content (AvgIpc) is 2.22. The smallest absolute Gasteiger partial charge is 0.223 e. The zero-order chi connectivity index (χ0) is 12.1. The van der Waals surface area contributed by atoms with Crippen molar-refractivity contribution in [1.82, 2.24) is 4.90 Å². The van der Waals surface area contributed by atoms with Crippen molar-refractivity contribution in [2.24, 2.45) is 0 Å². The molecule has 16 heavy (non-hydrogen) atoms. The van der Waals surface area contributed by atoms with Gasteiger partial charge in [-0.15, -0.1) is 0 Å². The van der Waals surface area contributed by atoms with E-state index in [4.69, 9.17) is 0 Å². The van der Waals surface area contributed by atoms with Gasteiger partial charge < -0.3 is 10.2 Å². The van der Waals surface area contributed by atoms with Crippen LogP contribution in [0.4, 0.5) is 5.69 Å². The summed E-state index contributed by atoms with van der Waals surface area (Å²) in [7, 11) is 3.52. The predicted octanol–water partition coefficient (Wildman–Crippen LogP) is 3.10. The van der Waals surface area contributed by atoms with Crippen molar-refractivity contribution in [2.45, 2.75) is 6.42 Å². The van der Waals surface area contributed by atoms with Crippen LogP contribution >= 0.6 is 31.9 Å². The van der Waals surface area contributed by atoms with E-state index in [2.05, 4.69) is 37.2 Å². The molecule has 0 spiro atoms. The molecule has 88 valence electrons. The van der Waals surface area contributed by atoms with Crippen LogP contribution in [0.15, 0.2) is 27.1 Å². The number of halogens is 2. The molecule has 0 aliphatic heterocycles. The highest BCUT2D eigenvalue weighted by Crippen LogP contribution is 2.25. The van der Waals surface area contributed by atoms with Crippen molar-refractivity contribution in [1.29, 1.82) is 0 Å². The van der Waals surface area contributed by atoms with E-state index < -0.39 is 0 Å². The maximum Gasteiger partial charge on any atom is 0.223 e. The molecule has 0 heterocycles. The molecule has 0 saturated carbocycles. The van der Waals surface area contributed by atoms with Gasteiger partial charge in [0.25, 0.3) is 0 Å². The van der Waals surface area contributed by atoms with Gasteiger partial charge in [0, 0.05) is 41.7 Å². The van der Waals surface area contributed by atoms with E-state index in [1.165, 1.54) is 0 Å². The number of hydrogen-bond donors (Lipinski definition) is 1. The molecule has 1 rings (SSSR count). The molecule has 1 aromatic rings. The van der Waals surface area contributed by atoms with E-state index in [9.17, 15) is 4.79 Å². The summed E-state index contributed by atoms with van der Waals surface area (Å²) in [5.74, 6) is 0.124. The van der Waals surface area contributed by atoms with Gasteiger partial charge in [0.2, 0.25) is 5.91 Å². The van der Waals surface area contributed by atoms with Gasteiger partial charge in [-0.05, 0) is 34.1 Å². The lowest BCUT2D eigenvalue weighted by Gasteiger charge is -2.12. The minimum absolute atomic E-state index is 0.124. The van der Waals surface area contributed by atoms with Crippen LogP contribution in [0.5, 0.6) is 0 Å². The normalized spacial score (nSPS) is 10.0. The second-order valence-corrected chi connectivity index (χ2v) is 5.36. The zero-order valence-corrected chi connectivity index (χ0v) is 12.4. The summed E-state index contributed by atoms with van der Waals surface area (Å²) in [6, 6.07) is 5.89. The highest BCUT2D eigenvalue weighted by atomic mass is 79.9. The second-order valence-electron chi connectivity index (χ2n) is 3.59. The van der Waals surface area contributed by atoms with E-state index >= 15 is 0 Å². The van der Waals surface area contributed by atoms with Crippen LogP contribution in [0.1, 0.15) is 6.42 Å². The van der Waals surface area contributed by atoms with Gasteiger partial charge in [-0.25, -0.2) is 0 Å². The van der Waals surface area contributed by atoms with E-state index in [0.717, 1.165) is 14.6 Å². The number of amides is 1. The highest BCUT2D eigenvalue weighted by Gasteiger charge is 2.04. The Balaban J connectivity index is 2.49. The molecule has 3 nitrogen and oxygen atoms in total. The monoisotopic (exact) mass is 348 g/mol. The molecule has 0 unspecified atom stereocenters. The highest BCUT2D eigenvalue weighted by molar-refractivity contribution is 9.11. The van der Waals surface area contributed by atoms with Crippen LogP contribution in [-0.2, 0) is 4.79 Å². The Morgan fingerprint density at radius 2 is 2.06 bits per heavy atom. The molecule has 0 saturated heterocycles. The lowest BCUT2D eigenvalue weighted by atomic mass is 10.3. The third-order valence-corrected chi connectivity index (χ3v) is 3.27. The summed E-state index contributed by atoms with van der Waals surface area (Å²) >= 11 is 6.85. The van der Waals surface area contributed by atoms with Crippen LogP contribution in [0.25, 0.3) is 0 Å². The number of nitrogens with zero attached hydrogens (tertiary/aromatic N) is 1. The lowest BCUT2D eigenvalue weighted by Crippen LogP contribution is -2.23. The minimum atomic E-state index is 0.124. The fourth-order valence-electron chi connectivity index (χ4n) is 1.16. The summed E-state index contributed by atoms with van der Waals surface area (Å²) in [5, 5.41) is 3.22. The number of carbonyl (C=O) groups excluding carboxylic acids is 1. The molecule has 1 aromatic carbocycles. The van der Waals surface area contributed by atoms with Gasteiger partial charge in [-0.3, -0.25) is 4.79 Å². The fraction of sp³-hybridized carbons (Fsp3) is 0.364. The Labute approximate surface area is 112 Å². The Bertz CT molecular complexity index is 380. The Hall–Kier alpha value is -0.550. The van der Waals surface area contributed by atoms with Gasteiger partial charge >= 0.3 is 0 Å². The van der Waals surface area contributed by atoms with Crippen LogP contribution in [-0.4, -0.2) is 31.4 Å². The molecular weight excluding hydrogens is 336 g/mol. The summed E-state index contributed by atoms with van der Waals surface area (Å²) in [6.07, 6.45) is 0.492. The standard InChI is InChI=1S/C11H14Br2N2O/c1-15(2)11(16)5-6-14-10-7-8(12)3-4-9(10)13/h3-4,7,14H,5-6H2,1-2H3. The van der Waals surface area contributed by atoms with Gasteiger partial charge in [-0.1, -0.05) is 15.9 Å². The summed E-state index contributed by atoms with van der Waals surface area (Å²) < 4.78 is 2.00. The number of hydrogen-bond acceptors (Lipinski definition) is 2. The Morgan fingerprint density at radius 3 is 2.69 bits per heavy atom. The Kier molecular flexibility index (Phi) is 5.28. The van der Waals surface area contributed by atoms with Crippen molar-refractivity contribution in [3.63, 3.8) is 0 Å². The third-order valence-electron chi connectivity index (χ3n) is 2.08. The lowest BCUT2D eigenvalue weighted by molar-refractivity contribution is -0.128. The molecule has 1 amide bonds. The maximum atomic E-state index is 11.3. The summed E-state index contributed by atoms with van der Waals surface area (Å²) in [6.45, 7) is 0.631. The van der Waals surface area contributed by atoms with Crippen molar-refractivity contribution in [3.8, 4) is 0 Å². The average molecular weight is 350 g/mol. The van der Waals surface area contributed by atoms with Crippen LogP contribution in [0.3, 0.4) is 0 Å². The first-order valence-corrected chi connectivity index (χ1v) is 6.48. The van der Waals surface area contributed by atoms with Gasteiger partial charge in [0.1, 0.15) is 0 Å². The van der Waals surface area contributed by atoms with Crippen LogP contribution in [0.2, 0.25) is 0 Å². The van der Waals surface area contributed by atoms with E-state index in [1.807, 2.05) is 18.2 Å². The number of rotatable bonds is 4. The first-order chi connectivity index (χ1) is 7.50. The van der Waals surface area contributed by atoms with Crippen LogP contribution in [0, 0.1) is 0 Å². The quantitative estimate of drug-likeness (QED) is 0.905. The van der Waals surface area contributed by atoms with Crippen molar-refractivity contribution in [2.75, 3.05) is 26.0 Å². The number of anilines is 1. The zero-order valence-electron chi connectivity index (χ0n) is 9.26. The molecule has 1 N–H and O–H groups in total. The molecule has 0 bridgehead atoms. The summed E-state index contributed by atoms with van der Waals surface area (Å²) in [5.41, 5.74) is 0.987. The molecule has 0 aliphatic carbocycles. The second kappa shape index (κ2) is 6.25. The van der Waals surface area contributed by atoms with Crippen molar-refractivity contribution >= 4 is 43.5 Å². The van der Waals surface area contributed by atoms with E-state index in [0.29, 0.717) is 13.0 Å². The number of nitrogens with one attached hydrogen (secondary N) is 1. The molecule has 5 heteroatoms. The van der Waals surface area contributed by atoms with Crippen molar-refractivity contribution < 1.29 is 4.79 Å². The van der Waals surface area contributed by atoms with Gasteiger partial charge in [0.05, 0.1) is 0 Å². The number of benzene rings is 1. The molecule has 0 fully saturated rings. The SMILES string of the molecule is CN(C)C(=O)CCNc1cc(Br)ccc1Br. The minimum Gasteiger partial charge on any atom is -0.384 e. The summed E-state index contributed by atoms with van der Waals surface area (Å²) in [4.78, 5) is 12.9. The molecular formula is C11H14Br2N2O. The largest absolute Gasteiger partial charge is 0.384 e. The van der Waals surface area contributed by atoms with Gasteiger partial charge in [0.15, 0.2) is 0 Å². The fourth-order valence-corrected chi connectivity index (χ4v) is 1.91. The Morgan fingerprint density at radius 1 is 1.38 bits per heavy atom. The molecule has 0 atom stereocenters. The first-order valence-electron chi connectivity index (χ1n) is 4.90. The van der Waals surface area contributed by atoms with Crippen molar-refractivity contribution in [3.05, 3.63) is 27.1 Å². The topological polar surface area (TPSA) is 32.3 Å². The first kappa shape index (κ1) is 13.5.